The molecule has 2 rings (SSSR count). The molecule has 2 aromatic heterocycles. The smallest absolute Gasteiger partial charge is 0.159 e. The van der Waals surface area contributed by atoms with Crippen LogP contribution in [0, 0.1) is 5.92 Å². The minimum absolute atomic E-state index is 0.539. The molecule has 0 unspecified atom stereocenters. The third kappa shape index (κ3) is 2.01. The van der Waals surface area contributed by atoms with Gasteiger partial charge in [-0.25, -0.2) is 9.67 Å². The van der Waals surface area contributed by atoms with Crippen molar-refractivity contribution in [3.8, 4) is 0 Å². The third-order valence-corrected chi connectivity index (χ3v) is 3.33. The number of rotatable bonds is 2. The van der Waals surface area contributed by atoms with Gasteiger partial charge in [0.2, 0.25) is 0 Å². The van der Waals surface area contributed by atoms with E-state index in [0.717, 1.165) is 22.1 Å². The SMILES string of the molecule is CC(C)Cn1ncc2c(Cl)c(Br)cnc21. The monoisotopic (exact) mass is 287 g/mol. The molecule has 2 heterocycles. The van der Waals surface area contributed by atoms with Crippen LogP contribution in [0.3, 0.4) is 0 Å². The molecule has 15 heavy (non-hydrogen) atoms. The molecule has 0 bridgehead atoms. The van der Waals surface area contributed by atoms with Gasteiger partial charge in [0.1, 0.15) is 0 Å². The number of pyridine rings is 1. The lowest BCUT2D eigenvalue weighted by Crippen LogP contribution is -2.06. The number of nitrogens with zero attached hydrogens (tertiary/aromatic N) is 3. The van der Waals surface area contributed by atoms with Crippen molar-refractivity contribution < 1.29 is 0 Å². The average Bonchev–Trinajstić information content (AvgIpc) is 2.55. The highest BCUT2D eigenvalue weighted by molar-refractivity contribution is 9.10. The van der Waals surface area contributed by atoms with E-state index in [1.165, 1.54) is 0 Å². The molecule has 2 aromatic rings. The molecule has 3 nitrogen and oxygen atoms in total. The topological polar surface area (TPSA) is 30.7 Å². The highest BCUT2D eigenvalue weighted by Crippen LogP contribution is 2.29. The zero-order valence-electron chi connectivity index (χ0n) is 8.54. The summed E-state index contributed by atoms with van der Waals surface area (Å²) in [5, 5.41) is 5.86. The second-order valence-electron chi connectivity index (χ2n) is 3.88. The zero-order valence-corrected chi connectivity index (χ0v) is 10.9. The molecule has 0 aliphatic heterocycles. The van der Waals surface area contributed by atoms with Crippen molar-refractivity contribution in [2.75, 3.05) is 0 Å². The minimum atomic E-state index is 0.539. The largest absolute Gasteiger partial charge is 0.247 e. The van der Waals surface area contributed by atoms with Gasteiger partial charge in [-0.2, -0.15) is 5.10 Å². The van der Waals surface area contributed by atoms with Crippen LogP contribution in [-0.4, -0.2) is 14.8 Å². The summed E-state index contributed by atoms with van der Waals surface area (Å²) in [4.78, 5) is 4.32. The first-order valence-electron chi connectivity index (χ1n) is 4.75. The van der Waals surface area contributed by atoms with E-state index in [-0.39, 0.29) is 0 Å². The first-order valence-corrected chi connectivity index (χ1v) is 5.92. The van der Waals surface area contributed by atoms with Gasteiger partial charge in [-0.05, 0) is 21.8 Å². The molecule has 0 radical (unpaired) electrons. The summed E-state index contributed by atoms with van der Waals surface area (Å²) in [6, 6.07) is 0. The van der Waals surface area contributed by atoms with E-state index in [2.05, 4.69) is 39.9 Å². The van der Waals surface area contributed by atoms with Gasteiger partial charge in [-0.1, -0.05) is 25.4 Å². The van der Waals surface area contributed by atoms with Crippen molar-refractivity contribution >= 4 is 38.6 Å². The van der Waals surface area contributed by atoms with Crippen molar-refractivity contribution in [2.45, 2.75) is 20.4 Å². The Hall–Kier alpha value is -0.610. The third-order valence-electron chi connectivity index (χ3n) is 2.10. The zero-order chi connectivity index (χ0) is 11.0. The Labute approximate surface area is 102 Å². The molecule has 0 aromatic carbocycles. The molecular formula is C10H11BrClN3. The van der Waals surface area contributed by atoms with E-state index in [1.54, 1.807) is 12.4 Å². The van der Waals surface area contributed by atoms with Crippen molar-refractivity contribution in [3.63, 3.8) is 0 Å². The summed E-state index contributed by atoms with van der Waals surface area (Å²) in [6.45, 7) is 5.15. The van der Waals surface area contributed by atoms with Crippen molar-refractivity contribution in [1.82, 2.24) is 14.8 Å². The van der Waals surface area contributed by atoms with Gasteiger partial charge in [0.25, 0.3) is 0 Å². The first-order chi connectivity index (χ1) is 7.09. The van der Waals surface area contributed by atoms with Crippen LogP contribution in [-0.2, 0) is 6.54 Å². The van der Waals surface area contributed by atoms with Crippen LogP contribution in [0.1, 0.15) is 13.8 Å². The van der Waals surface area contributed by atoms with Crippen LogP contribution < -0.4 is 0 Å². The van der Waals surface area contributed by atoms with Crippen LogP contribution in [0.2, 0.25) is 5.02 Å². The second kappa shape index (κ2) is 4.10. The molecule has 5 heteroatoms. The molecule has 0 spiro atoms. The molecule has 0 aliphatic carbocycles. The molecule has 80 valence electrons. The molecular weight excluding hydrogens is 277 g/mol. The van der Waals surface area contributed by atoms with E-state index in [1.807, 2.05) is 4.68 Å². The lowest BCUT2D eigenvalue weighted by molar-refractivity contribution is 0.492. The number of hydrogen-bond donors (Lipinski definition) is 0. The molecule has 0 saturated carbocycles. The summed E-state index contributed by atoms with van der Waals surface area (Å²) in [5.41, 5.74) is 0.844. The minimum Gasteiger partial charge on any atom is -0.247 e. The molecule has 0 N–H and O–H groups in total. The summed E-state index contributed by atoms with van der Waals surface area (Å²) >= 11 is 9.48. The Kier molecular flexibility index (Phi) is 2.98. The number of fused-ring (bicyclic) bond motifs is 1. The second-order valence-corrected chi connectivity index (χ2v) is 5.11. The van der Waals surface area contributed by atoms with Crippen LogP contribution in [0.25, 0.3) is 11.0 Å². The predicted molar refractivity (Wildman–Crippen MR) is 65.1 cm³/mol. The number of aromatic nitrogens is 3. The highest BCUT2D eigenvalue weighted by Gasteiger charge is 2.10. The van der Waals surface area contributed by atoms with Gasteiger partial charge in [0, 0.05) is 12.7 Å². The fourth-order valence-corrected chi connectivity index (χ4v) is 1.95. The Morgan fingerprint density at radius 1 is 1.47 bits per heavy atom. The summed E-state index contributed by atoms with van der Waals surface area (Å²) < 4.78 is 2.69. The van der Waals surface area contributed by atoms with Gasteiger partial charge in [0.15, 0.2) is 5.65 Å². The molecule has 0 fully saturated rings. The predicted octanol–water partition coefficient (Wildman–Crippen LogP) is 3.50. The maximum absolute atomic E-state index is 6.14. The van der Waals surface area contributed by atoms with Gasteiger partial charge in [0.05, 0.1) is 21.1 Å². The Balaban J connectivity index is 2.57. The molecule has 0 amide bonds. The van der Waals surface area contributed by atoms with Crippen molar-refractivity contribution in [1.29, 1.82) is 0 Å². The van der Waals surface area contributed by atoms with Gasteiger partial charge in [-0.3, -0.25) is 0 Å². The molecule has 0 saturated heterocycles. The van der Waals surface area contributed by atoms with E-state index >= 15 is 0 Å². The quantitative estimate of drug-likeness (QED) is 0.847. The van der Waals surface area contributed by atoms with Crippen LogP contribution in [0.15, 0.2) is 16.9 Å². The average molecular weight is 289 g/mol. The Morgan fingerprint density at radius 3 is 2.87 bits per heavy atom. The summed E-state index contributed by atoms with van der Waals surface area (Å²) in [5.74, 6) is 0.539. The lowest BCUT2D eigenvalue weighted by Gasteiger charge is -2.05. The van der Waals surface area contributed by atoms with E-state index in [4.69, 9.17) is 11.6 Å². The fourth-order valence-electron chi connectivity index (χ4n) is 1.45. The van der Waals surface area contributed by atoms with E-state index in [9.17, 15) is 0 Å². The maximum atomic E-state index is 6.14. The van der Waals surface area contributed by atoms with E-state index in [0.29, 0.717) is 10.9 Å². The van der Waals surface area contributed by atoms with E-state index < -0.39 is 0 Å². The van der Waals surface area contributed by atoms with Gasteiger partial charge in [-0.15, -0.1) is 0 Å². The van der Waals surface area contributed by atoms with Gasteiger partial charge >= 0.3 is 0 Å². The number of hydrogen-bond acceptors (Lipinski definition) is 2. The Morgan fingerprint density at radius 2 is 2.20 bits per heavy atom. The molecule has 0 aliphatic rings. The maximum Gasteiger partial charge on any atom is 0.159 e. The lowest BCUT2D eigenvalue weighted by atomic mass is 10.2. The fraction of sp³-hybridized carbons (Fsp3) is 0.400. The number of halogens is 2. The first kappa shape index (κ1) is 10.9. The van der Waals surface area contributed by atoms with Gasteiger partial charge < -0.3 is 0 Å². The summed E-state index contributed by atoms with van der Waals surface area (Å²) in [6.07, 6.45) is 3.47. The normalized spacial score (nSPS) is 11.5. The van der Waals surface area contributed by atoms with Crippen molar-refractivity contribution in [3.05, 3.63) is 21.9 Å². The standard InChI is InChI=1S/C10H11BrClN3/c1-6(2)5-15-10-7(3-14-15)9(12)8(11)4-13-10/h3-4,6H,5H2,1-2H3. The highest BCUT2D eigenvalue weighted by atomic mass is 79.9. The summed E-state index contributed by atoms with van der Waals surface area (Å²) in [7, 11) is 0. The van der Waals surface area contributed by atoms with Crippen LogP contribution in [0.5, 0.6) is 0 Å². The Bertz CT molecular complexity index is 493. The van der Waals surface area contributed by atoms with Crippen molar-refractivity contribution in [2.24, 2.45) is 5.92 Å². The van der Waals surface area contributed by atoms with Crippen LogP contribution >= 0.6 is 27.5 Å². The molecule has 0 atom stereocenters. The van der Waals surface area contributed by atoms with Crippen LogP contribution in [0.4, 0.5) is 0 Å².